The van der Waals surface area contributed by atoms with E-state index in [2.05, 4.69) is 10.6 Å². The van der Waals surface area contributed by atoms with Gasteiger partial charge in [-0.25, -0.2) is 4.79 Å². The second-order valence-electron chi connectivity index (χ2n) is 3.69. The third-order valence-corrected chi connectivity index (χ3v) is 2.27. The Labute approximate surface area is 89.2 Å². The Hall–Kier alpha value is -1.14. The second-order valence-corrected chi connectivity index (χ2v) is 3.69. The average molecular weight is 214 g/mol. The maximum absolute atomic E-state index is 11.3. The molecule has 0 aromatic carbocycles. The number of hydrogen-bond acceptors (Lipinski definition) is 4. The van der Waals surface area contributed by atoms with Crippen molar-refractivity contribution in [1.29, 1.82) is 0 Å². The van der Waals surface area contributed by atoms with E-state index < -0.39 is 6.03 Å². The quantitative estimate of drug-likeness (QED) is 0.554. The van der Waals surface area contributed by atoms with Crippen LogP contribution in [0.25, 0.3) is 0 Å². The standard InChI is InChI=1S/C9H18N4O2/c1-2-11-9(15)12-8(14)6-13-4-3-7(10)5-13/h7H,2-6,10H2,1H3,(H2,11,12,14,15)/t7-/m0/s1. The van der Waals surface area contributed by atoms with E-state index >= 15 is 0 Å². The Morgan fingerprint density at radius 2 is 2.27 bits per heavy atom. The van der Waals surface area contributed by atoms with Gasteiger partial charge >= 0.3 is 6.03 Å². The number of nitrogens with two attached hydrogens (primary N) is 1. The predicted octanol–water partition coefficient (Wildman–Crippen LogP) is -1.13. The van der Waals surface area contributed by atoms with Crippen molar-refractivity contribution in [2.45, 2.75) is 19.4 Å². The molecule has 1 aliphatic rings. The first-order chi connectivity index (χ1) is 7.11. The lowest BCUT2D eigenvalue weighted by molar-refractivity contribution is -0.120. The summed E-state index contributed by atoms with van der Waals surface area (Å²) >= 11 is 0. The third-order valence-electron chi connectivity index (χ3n) is 2.27. The lowest BCUT2D eigenvalue weighted by Crippen LogP contribution is -2.44. The molecular weight excluding hydrogens is 196 g/mol. The van der Waals surface area contributed by atoms with Crippen molar-refractivity contribution in [3.63, 3.8) is 0 Å². The van der Waals surface area contributed by atoms with Gasteiger partial charge in [-0.2, -0.15) is 0 Å². The Kier molecular flexibility index (Phi) is 4.51. The van der Waals surface area contributed by atoms with Crippen molar-refractivity contribution < 1.29 is 9.59 Å². The summed E-state index contributed by atoms with van der Waals surface area (Å²) in [7, 11) is 0. The van der Waals surface area contributed by atoms with Crippen LogP contribution in [0.2, 0.25) is 0 Å². The summed E-state index contributed by atoms with van der Waals surface area (Å²) in [5.74, 6) is -0.282. The van der Waals surface area contributed by atoms with E-state index in [0.717, 1.165) is 19.5 Å². The number of likely N-dealkylation sites (tertiary alicyclic amines) is 1. The lowest BCUT2D eigenvalue weighted by Gasteiger charge is -2.14. The highest BCUT2D eigenvalue weighted by Crippen LogP contribution is 2.05. The van der Waals surface area contributed by atoms with E-state index in [1.54, 1.807) is 6.92 Å². The van der Waals surface area contributed by atoms with Gasteiger partial charge in [0.05, 0.1) is 6.54 Å². The summed E-state index contributed by atoms with van der Waals surface area (Å²) in [5.41, 5.74) is 5.70. The van der Waals surface area contributed by atoms with Crippen LogP contribution in [0.15, 0.2) is 0 Å². The van der Waals surface area contributed by atoms with E-state index in [4.69, 9.17) is 5.73 Å². The van der Waals surface area contributed by atoms with Gasteiger partial charge in [0.2, 0.25) is 5.91 Å². The zero-order valence-corrected chi connectivity index (χ0v) is 8.95. The number of amides is 3. The first kappa shape index (κ1) is 11.9. The molecule has 1 rings (SSSR count). The van der Waals surface area contributed by atoms with Crippen LogP contribution in [-0.4, -0.2) is 49.1 Å². The highest BCUT2D eigenvalue weighted by Gasteiger charge is 2.21. The normalized spacial score (nSPS) is 21.3. The van der Waals surface area contributed by atoms with Gasteiger partial charge in [0, 0.05) is 25.7 Å². The molecule has 6 nitrogen and oxygen atoms in total. The van der Waals surface area contributed by atoms with Gasteiger partial charge in [0.25, 0.3) is 0 Å². The van der Waals surface area contributed by atoms with Gasteiger partial charge in [0.1, 0.15) is 0 Å². The van der Waals surface area contributed by atoms with E-state index in [-0.39, 0.29) is 18.5 Å². The van der Waals surface area contributed by atoms with Crippen molar-refractivity contribution in [3.8, 4) is 0 Å². The Bertz CT molecular complexity index is 244. The van der Waals surface area contributed by atoms with Crippen molar-refractivity contribution in [2.75, 3.05) is 26.2 Å². The molecule has 0 aliphatic carbocycles. The number of imide groups is 1. The molecular formula is C9H18N4O2. The van der Waals surface area contributed by atoms with Gasteiger partial charge in [-0.3, -0.25) is 15.0 Å². The number of rotatable bonds is 3. The third kappa shape index (κ3) is 4.26. The molecule has 3 amide bonds. The average Bonchev–Trinajstić information content (AvgIpc) is 2.51. The van der Waals surface area contributed by atoms with Gasteiger partial charge < -0.3 is 11.1 Å². The van der Waals surface area contributed by atoms with Crippen LogP contribution < -0.4 is 16.4 Å². The van der Waals surface area contributed by atoms with Crippen molar-refractivity contribution in [1.82, 2.24) is 15.5 Å². The summed E-state index contributed by atoms with van der Waals surface area (Å²) in [4.78, 5) is 24.3. The van der Waals surface area contributed by atoms with Crippen LogP contribution in [0.5, 0.6) is 0 Å². The van der Waals surface area contributed by atoms with Crippen LogP contribution in [0.4, 0.5) is 4.79 Å². The molecule has 0 unspecified atom stereocenters. The largest absolute Gasteiger partial charge is 0.338 e. The summed E-state index contributed by atoms with van der Waals surface area (Å²) in [5, 5.41) is 4.75. The number of urea groups is 1. The molecule has 0 radical (unpaired) electrons. The molecule has 1 aliphatic heterocycles. The molecule has 0 spiro atoms. The molecule has 15 heavy (non-hydrogen) atoms. The molecule has 6 heteroatoms. The molecule has 1 heterocycles. The van der Waals surface area contributed by atoms with Crippen molar-refractivity contribution in [3.05, 3.63) is 0 Å². The monoisotopic (exact) mass is 214 g/mol. The molecule has 1 fully saturated rings. The minimum absolute atomic E-state index is 0.155. The molecule has 0 aromatic heterocycles. The summed E-state index contributed by atoms with van der Waals surface area (Å²) < 4.78 is 0. The van der Waals surface area contributed by atoms with Crippen molar-refractivity contribution in [2.24, 2.45) is 5.73 Å². The van der Waals surface area contributed by atoms with Gasteiger partial charge in [-0.15, -0.1) is 0 Å². The fourth-order valence-corrected chi connectivity index (χ4v) is 1.58. The van der Waals surface area contributed by atoms with Crippen LogP contribution in [0.1, 0.15) is 13.3 Å². The lowest BCUT2D eigenvalue weighted by atomic mass is 10.3. The molecule has 86 valence electrons. The van der Waals surface area contributed by atoms with E-state index in [0.29, 0.717) is 6.54 Å². The predicted molar refractivity (Wildman–Crippen MR) is 56.2 cm³/mol. The highest BCUT2D eigenvalue weighted by atomic mass is 16.2. The maximum Gasteiger partial charge on any atom is 0.321 e. The second kappa shape index (κ2) is 5.67. The number of carbonyl (C=O) groups is 2. The van der Waals surface area contributed by atoms with Gasteiger partial charge in [-0.1, -0.05) is 0 Å². The molecule has 1 saturated heterocycles. The summed E-state index contributed by atoms with van der Waals surface area (Å²) in [6.07, 6.45) is 0.911. The summed E-state index contributed by atoms with van der Waals surface area (Å²) in [6.45, 7) is 4.09. The van der Waals surface area contributed by atoms with E-state index in [1.807, 2.05) is 4.90 Å². The number of nitrogens with one attached hydrogen (secondary N) is 2. The minimum atomic E-state index is -0.439. The van der Waals surface area contributed by atoms with Crippen LogP contribution in [0, 0.1) is 0 Å². The molecule has 0 saturated carbocycles. The molecule has 0 aromatic rings. The Morgan fingerprint density at radius 1 is 1.53 bits per heavy atom. The molecule has 1 atom stereocenters. The van der Waals surface area contributed by atoms with E-state index in [9.17, 15) is 9.59 Å². The fraction of sp³-hybridized carbons (Fsp3) is 0.778. The topological polar surface area (TPSA) is 87.5 Å². The Morgan fingerprint density at radius 3 is 2.80 bits per heavy atom. The zero-order chi connectivity index (χ0) is 11.3. The van der Waals surface area contributed by atoms with Crippen LogP contribution in [0.3, 0.4) is 0 Å². The van der Waals surface area contributed by atoms with Gasteiger partial charge in [0.15, 0.2) is 0 Å². The number of nitrogens with zero attached hydrogens (tertiary/aromatic N) is 1. The summed E-state index contributed by atoms with van der Waals surface area (Å²) in [6, 6.07) is -0.284. The number of hydrogen-bond donors (Lipinski definition) is 3. The van der Waals surface area contributed by atoms with E-state index in [1.165, 1.54) is 0 Å². The first-order valence-corrected chi connectivity index (χ1v) is 5.17. The van der Waals surface area contributed by atoms with Crippen LogP contribution in [-0.2, 0) is 4.79 Å². The molecule has 4 N–H and O–H groups in total. The number of carbonyl (C=O) groups excluding carboxylic acids is 2. The first-order valence-electron chi connectivity index (χ1n) is 5.17. The smallest absolute Gasteiger partial charge is 0.321 e. The van der Waals surface area contributed by atoms with Gasteiger partial charge in [-0.05, 0) is 13.3 Å². The highest BCUT2D eigenvalue weighted by molar-refractivity contribution is 5.95. The SMILES string of the molecule is CCNC(=O)NC(=O)CN1CC[C@H](N)C1. The zero-order valence-electron chi connectivity index (χ0n) is 8.95. The molecule has 0 bridgehead atoms. The minimum Gasteiger partial charge on any atom is -0.338 e. The fourth-order valence-electron chi connectivity index (χ4n) is 1.58. The Balaban J connectivity index is 2.21. The van der Waals surface area contributed by atoms with Crippen LogP contribution >= 0.6 is 0 Å². The maximum atomic E-state index is 11.3. The van der Waals surface area contributed by atoms with Crippen molar-refractivity contribution >= 4 is 11.9 Å².